The third kappa shape index (κ3) is 5.66. The van der Waals surface area contributed by atoms with Crippen LogP contribution in [0.5, 0.6) is 5.75 Å². The van der Waals surface area contributed by atoms with Gasteiger partial charge in [-0.25, -0.2) is 8.42 Å². The number of hydrogen-bond donors (Lipinski definition) is 1. The lowest BCUT2D eigenvalue weighted by Crippen LogP contribution is -2.35. The molecular weight excluding hydrogens is 402 g/mol. The molecule has 1 saturated heterocycles. The maximum Gasteiger partial charge on any atom is 0.261 e. The Morgan fingerprint density at radius 3 is 2.27 bits per heavy atom. The number of rotatable bonds is 8. The largest absolute Gasteiger partial charge is 0.481 e. The summed E-state index contributed by atoms with van der Waals surface area (Å²) in [4.78, 5) is 14.7. The molecule has 0 bridgehead atoms. The molecule has 1 aliphatic rings. The van der Waals surface area contributed by atoms with Crippen LogP contribution in [0.15, 0.2) is 48.5 Å². The minimum atomic E-state index is -3.32. The summed E-state index contributed by atoms with van der Waals surface area (Å²) >= 11 is 0. The van der Waals surface area contributed by atoms with Crippen LogP contribution in [-0.4, -0.2) is 46.8 Å². The maximum absolute atomic E-state index is 12.4. The quantitative estimate of drug-likeness (QED) is 0.695. The van der Waals surface area contributed by atoms with Gasteiger partial charge in [-0.2, -0.15) is 0 Å². The van der Waals surface area contributed by atoms with Crippen molar-refractivity contribution in [1.29, 1.82) is 0 Å². The van der Waals surface area contributed by atoms with E-state index in [9.17, 15) is 13.2 Å². The zero-order chi connectivity index (χ0) is 21.7. The second-order valence-electron chi connectivity index (χ2n) is 7.56. The number of carbonyl (C=O) groups excluding carboxylic acids is 1. The molecular formula is C22H29N3O4S. The Morgan fingerprint density at radius 1 is 1.10 bits per heavy atom. The SMILES string of the molecule is CC(Oc1ccc(N(C)S(C)(=O)=O)cc1)C(=O)NCc1ccc(N2CCCC2)cc1. The highest BCUT2D eigenvalue weighted by molar-refractivity contribution is 7.92. The number of hydrogen-bond acceptors (Lipinski definition) is 5. The molecule has 1 unspecified atom stereocenters. The lowest BCUT2D eigenvalue weighted by Gasteiger charge is -2.19. The van der Waals surface area contributed by atoms with Gasteiger partial charge in [0.2, 0.25) is 10.0 Å². The second-order valence-corrected chi connectivity index (χ2v) is 9.58. The summed E-state index contributed by atoms with van der Waals surface area (Å²) in [5.74, 6) is 0.286. The first-order valence-electron chi connectivity index (χ1n) is 10.1. The second kappa shape index (κ2) is 9.38. The number of nitrogens with one attached hydrogen (secondary N) is 1. The van der Waals surface area contributed by atoms with E-state index in [4.69, 9.17) is 4.74 Å². The van der Waals surface area contributed by atoms with E-state index >= 15 is 0 Å². The van der Waals surface area contributed by atoms with Crippen molar-refractivity contribution >= 4 is 27.3 Å². The van der Waals surface area contributed by atoms with Crippen LogP contribution in [0.4, 0.5) is 11.4 Å². The van der Waals surface area contributed by atoms with Crippen molar-refractivity contribution in [2.45, 2.75) is 32.4 Å². The van der Waals surface area contributed by atoms with Crippen LogP contribution in [-0.2, 0) is 21.4 Å². The molecule has 0 radical (unpaired) electrons. The summed E-state index contributed by atoms with van der Waals surface area (Å²) in [6.45, 7) is 4.33. The van der Waals surface area contributed by atoms with Gasteiger partial charge in [-0.05, 0) is 61.7 Å². The van der Waals surface area contributed by atoms with Gasteiger partial charge in [-0.15, -0.1) is 0 Å². The normalized spacial score (nSPS) is 15.0. The molecule has 8 heteroatoms. The van der Waals surface area contributed by atoms with Gasteiger partial charge in [0.25, 0.3) is 5.91 Å². The molecule has 1 aliphatic heterocycles. The number of sulfonamides is 1. The van der Waals surface area contributed by atoms with E-state index in [1.165, 1.54) is 29.9 Å². The number of ether oxygens (including phenoxy) is 1. The van der Waals surface area contributed by atoms with Gasteiger partial charge < -0.3 is 15.0 Å². The molecule has 1 fully saturated rings. The van der Waals surface area contributed by atoms with Crippen LogP contribution in [0.25, 0.3) is 0 Å². The summed E-state index contributed by atoms with van der Waals surface area (Å²) in [5, 5.41) is 2.89. The van der Waals surface area contributed by atoms with Crippen molar-refractivity contribution in [3.8, 4) is 5.75 Å². The van der Waals surface area contributed by atoms with E-state index in [0.717, 1.165) is 24.9 Å². The number of nitrogens with zero attached hydrogens (tertiary/aromatic N) is 2. The Morgan fingerprint density at radius 2 is 1.70 bits per heavy atom. The molecule has 3 rings (SSSR count). The monoisotopic (exact) mass is 431 g/mol. The Kier molecular flexibility index (Phi) is 6.87. The van der Waals surface area contributed by atoms with Gasteiger partial charge in [0.05, 0.1) is 11.9 Å². The molecule has 0 saturated carbocycles. The van der Waals surface area contributed by atoms with E-state index < -0.39 is 16.1 Å². The van der Waals surface area contributed by atoms with Crippen LogP contribution >= 0.6 is 0 Å². The fourth-order valence-corrected chi connectivity index (χ4v) is 3.82. The third-order valence-electron chi connectivity index (χ3n) is 5.25. The van der Waals surface area contributed by atoms with Crippen molar-refractivity contribution < 1.29 is 17.9 Å². The zero-order valence-electron chi connectivity index (χ0n) is 17.7. The highest BCUT2D eigenvalue weighted by atomic mass is 32.2. The van der Waals surface area contributed by atoms with Gasteiger partial charge in [0.1, 0.15) is 5.75 Å². The molecule has 0 aliphatic carbocycles. The highest BCUT2D eigenvalue weighted by Gasteiger charge is 2.16. The molecule has 1 heterocycles. The molecule has 30 heavy (non-hydrogen) atoms. The van der Waals surface area contributed by atoms with Crippen LogP contribution in [0.3, 0.4) is 0 Å². The molecule has 162 valence electrons. The zero-order valence-corrected chi connectivity index (χ0v) is 18.5. The fraction of sp³-hybridized carbons (Fsp3) is 0.409. The standard InChI is InChI=1S/C22H29N3O4S/c1-17(29-21-12-10-19(11-13-21)24(2)30(3,27)28)22(26)23-16-18-6-8-20(9-7-18)25-14-4-5-15-25/h6-13,17H,4-5,14-16H2,1-3H3,(H,23,26). The fourth-order valence-electron chi connectivity index (χ4n) is 3.32. The topological polar surface area (TPSA) is 78.9 Å². The van der Waals surface area contributed by atoms with E-state index in [1.807, 2.05) is 12.1 Å². The first-order valence-corrected chi connectivity index (χ1v) is 11.9. The van der Waals surface area contributed by atoms with E-state index in [2.05, 4.69) is 22.3 Å². The van der Waals surface area contributed by atoms with Crippen molar-refractivity contribution in [3.05, 3.63) is 54.1 Å². The first kappa shape index (κ1) is 22.0. The third-order valence-corrected chi connectivity index (χ3v) is 6.46. The molecule has 2 aromatic carbocycles. The lowest BCUT2D eigenvalue weighted by atomic mass is 10.2. The summed E-state index contributed by atoms with van der Waals surface area (Å²) in [6, 6.07) is 14.9. The Balaban J connectivity index is 1.49. The molecule has 1 amide bonds. The minimum absolute atomic E-state index is 0.212. The molecule has 0 aromatic heterocycles. The predicted octanol–water partition coefficient (Wildman–Crippen LogP) is 2.77. The number of carbonyl (C=O) groups is 1. The van der Waals surface area contributed by atoms with Gasteiger partial charge >= 0.3 is 0 Å². The smallest absolute Gasteiger partial charge is 0.261 e. The Labute approximate surface area is 178 Å². The van der Waals surface area contributed by atoms with Crippen LogP contribution in [0.1, 0.15) is 25.3 Å². The number of benzene rings is 2. The Hall–Kier alpha value is -2.74. The van der Waals surface area contributed by atoms with Crippen LogP contribution < -0.4 is 19.3 Å². The number of anilines is 2. The maximum atomic E-state index is 12.4. The summed E-state index contributed by atoms with van der Waals surface area (Å²) < 4.78 is 30.1. The molecule has 0 spiro atoms. The van der Waals surface area contributed by atoms with Crippen molar-refractivity contribution in [1.82, 2.24) is 5.32 Å². The van der Waals surface area contributed by atoms with Crippen molar-refractivity contribution in [2.24, 2.45) is 0 Å². The van der Waals surface area contributed by atoms with Gasteiger partial charge in [0, 0.05) is 32.4 Å². The highest BCUT2D eigenvalue weighted by Crippen LogP contribution is 2.22. The van der Waals surface area contributed by atoms with Gasteiger partial charge in [-0.3, -0.25) is 9.10 Å². The summed E-state index contributed by atoms with van der Waals surface area (Å²) in [5.41, 5.74) is 2.79. The Bertz CT molecular complexity index is 953. The average Bonchev–Trinajstić information content (AvgIpc) is 3.26. The van der Waals surface area contributed by atoms with Crippen molar-refractivity contribution in [3.63, 3.8) is 0 Å². The lowest BCUT2D eigenvalue weighted by molar-refractivity contribution is -0.127. The van der Waals surface area contributed by atoms with Crippen LogP contribution in [0, 0.1) is 0 Å². The van der Waals surface area contributed by atoms with Crippen LogP contribution in [0.2, 0.25) is 0 Å². The molecule has 2 aromatic rings. The molecule has 1 atom stereocenters. The average molecular weight is 432 g/mol. The van der Waals surface area contributed by atoms with Crippen molar-refractivity contribution in [2.75, 3.05) is 35.6 Å². The van der Waals surface area contributed by atoms with E-state index in [0.29, 0.717) is 18.0 Å². The minimum Gasteiger partial charge on any atom is -0.481 e. The molecule has 1 N–H and O–H groups in total. The first-order chi connectivity index (χ1) is 14.2. The summed E-state index contributed by atoms with van der Waals surface area (Å²) in [7, 11) is -1.84. The van der Waals surface area contributed by atoms with Gasteiger partial charge in [0.15, 0.2) is 6.10 Å². The van der Waals surface area contributed by atoms with E-state index in [1.54, 1.807) is 31.2 Å². The number of amides is 1. The van der Waals surface area contributed by atoms with Gasteiger partial charge in [-0.1, -0.05) is 12.1 Å². The molecule has 7 nitrogen and oxygen atoms in total. The predicted molar refractivity (Wildman–Crippen MR) is 120 cm³/mol. The summed E-state index contributed by atoms with van der Waals surface area (Å²) in [6.07, 6.45) is 2.95. The van der Waals surface area contributed by atoms with E-state index in [-0.39, 0.29) is 5.91 Å².